The number of rotatable bonds is 5. The van der Waals surface area contributed by atoms with Gasteiger partial charge < -0.3 is 11.1 Å². The van der Waals surface area contributed by atoms with Crippen molar-refractivity contribution in [3.63, 3.8) is 0 Å². The minimum atomic E-state index is -2.88. The summed E-state index contributed by atoms with van der Waals surface area (Å²) in [4.78, 5) is 4.14. The predicted molar refractivity (Wildman–Crippen MR) is 70.8 cm³/mol. The predicted octanol–water partition coefficient (Wildman–Crippen LogP) is 0.658. The molecule has 0 amide bonds. The topological polar surface area (TPSA) is 84.5 Å². The molecule has 0 aromatic rings. The molecule has 17 heavy (non-hydrogen) atoms. The lowest BCUT2D eigenvalue weighted by atomic mass is 9.96. The molecule has 0 spiro atoms. The van der Waals surface area contributed by atoms with Gasteiger partial charge in [0.1, 0.15) is 9.84 Å². The van der Waals surface area contributed by atoms with Crippen LogP contribution in [0.3, 0.4) is 0 Å². The van der Waals surface area contributed by atoms with Crippen LogP contribution in [0.15, 0.2) is 4.99 Å². The molecule has 0 atom stereocenters. The van der Waals surface area contributed by atoms with Gasteiger partial charge in [0.05, 0.1) is 5.75 Å². The van der Waals surface area contributed by atoms with Gasteiger partial charge in [0.25, 0.3) is 0 Å². The van der Waals surface area contributed by atoms with Gasteiger partial charge in [-0.05, 0) is 19.3 Å². The normalized spacial score (nSPS) is 19.2. The van der Waals surface area contributed by atoms with E-state index in [9.17, 15) is 8.42 Å². The molecule has 1 saturated carbocycles. The monoisotopic (exact) mass is 261 g/mol. The van der Waals surface area contributed by atoms with Crippen LogP contribution in [-0.2, 0) is 9.84 Å². The van der Waals surface area contributed by atoms with Crippen LogP contribution in [0.2, 0.25) is 0 Å². The lowest BCUT2D eigenvalue weighted by Gasteiger charge is -2.23. The molecule has 0 saturated heterocycles. The number of nitrogens with zero attached hydrogens (tertiary/aromatic N) is 1. The maximum atomic E-state index is 10.9. The highest BCUT2D eigenvalue weighted by Gasteiger charge is 2.13. The third-order valence-corrected chi connectivity index (χ3v) is 3.94. The zero-order valence-corrected chi connectivity index (χ0v) is 11.3. The van der Waals surface area contributed by atoms with Gasteiger partial charge in [-0.3, -0.25) is 4.99 Å². The number of nitrogens with one attached hydrogen (secondary N) is 1. The van der Waals surface area contributed by atoms with E-state index in [1.54, 1.807) is 0 Å². The third-order valence-electron chi connectivity index (χ3n) is 2.91. The Bertz CT molecular complexity index is 346. The highest BCUT2D eigenvalue weighted by atomic mass is 32.2. The fourth-order valence-electron chi connectivity index (χ4n) is 2.03. The summed E-state index contributed by atoms with van der Waals surface area (Å²) in [7, 11) is -2.88. The standard InChI is InChI=1S/C11H23N3O2S/c1-17(15,16)9-5-8-13-11(12)14-10-6-3-2-4-7-10/h10H,2-9H2,1H3,(H3,12,13,14). The largest absolute Gasteiger partial charge is 0.370 e. The summed E-state index contributed by atoms with van der Waals surface area (Å²) in [5.74, 6) is 0.623. The van der Waals surface area contributed by atoms with E-state index >= 15 is 0 Å². The first-order chi connectivity index (χ1) is 7.97. The van der Waals surface area contributed by atoms with Crippen molar-refractivity contribution in [2.45, 2.75) is 44.6 Å². The summed E-state index contributed by atoms with van der Waals surface area (Å²) in [6.07, 6.45) is 7.88. The summed E-state index contributed by atoms with van der Waals surface area (Å²) in [6, 6.07) is 0.447. The van der Waals surface area contributed by atoms with E-state index < -0.39 is 9.84 Å². The molecular formula is C11H23N3O2S. The molecule has 0 aromatic carbocycles. The second-order valence-corrected chi connectivity index (χ2v) is 6.99. The average molecular weight is 261 g/mol. The average Bonchev–Trinajstić information content (AvgIpc) is 2.25. The second kappa shape index (κ2) is 6.83. The van der Waals surface area contributed by atoms with E-state index in [0.717, 1.165) is 12.8 Å². The van der Waals surface area contributed by atoms with Crippen molar-refractivity contribution >= 4 is 15.8 Å². The molecule has 3 N–H and O–H groups in total. The molecule has 1 aliphatic carbocycles. The molecule has 6 heteroatoms. The van der Waals surface area contributed by atoms with E-state index in [1.807, 2.05) is 0 Å². The minimum absolute atomic E-state index is 0.174. The zero-order valence-electron chi connectivity index (χ0n) is 10.5. The fourth-order valence-corrected chi connectivity index (χ4v) is 2.68. The van der Waals surface area contributed by atoms with Gasteiger partial charge in [-0.1, -0.05) is 19.3 Å². The van der Waals surface area contributed by atoms with Crippen LogP contribution in [0.25, 0.3) is 0 Å². The molecule has 100 valence electrons. The Morgan fingerprint density at radius 3 is 2.59 bits per heavy atom. The van der Waals surface area contributed by atoms with E-state index in [2.05, 4.69) is 10.3 Å². The minimum Gasteiger partial charge on any atom is -0.370 e. The van der Waals surface area contributed by atoms with Gasteiger partial charge in [-0.2, -0.15) is 0 Å². The van der Waals surface area contributed by atoms with Crippen molar-refractivity contribution in [1.29, 1.82) is 0 Å². The van der Waals surface area contributed by atoms with Crippen molar-refractivity contribution in [2.75, 3.05) is 18.6 Å². The lowest BCUT2D eigenvalue weighted by molar-refractivity contribution is 0.412. The van der Waals surface area contributed by atoms with Crippen molar-refractivity contribution in [3.05, 3.63) is 0 Å². The number of sulfone groups is 1. The summed E-state index contributed by atoms with van der Waals surface area (Å²) >= 11 is 0. The SMILES string of the molecule is CS(=O)(=O)CCCN=C(N)NC1CCCCC1. The first kappa shape index (κ1) is 14.3. The summed E-state index contributed by atoms with van der Waals surface area (Å²) in [5, 5.41) is 3.19. The molecule has 0 radical (unpaired) electrons. The zero-order chi connectivity index (χ0) is 12.7. The molecular weight excluding hydrogens is 238 g/mol. The summed E-state index contributed by atoms with van der Waals surface area (Å²) < 4.78 is 21.8. The van der Waals surface area contributed by atoms with E-state index in [1.165, 1.54) is 25.5 Å². The molecule has 0 heterocycles. The van der Waals surface area contributed by atoms with E-state index in [-0.39, 0.29) is 5.75 Å². The molecule has 0 aliphatic heterocycles. The van der Waals surface area contributed by atoms with Crippen LogP contribution >= 0.6 is 0 Å². The Labute approximate surface area is 104 Å². The molecule has 1 fully saturated rings. The Balaban J connectivity index is 2.19. The number of hydrogen-bond donors (Lipinski definition) is 2. The Kier molecular flexibility index (Phi) is 5.74. The highest BCUT2D eigenvalue weighted by molar-refractivity contribution is 7.90. The van der Waals surface area contributed by atoms with Gasteiger partial charge >= 0.3 is 0 Å². The smallest absolute Gasteiger partial charge is 0.188 e. The quantitative estimate of drug-likeness (QED) is 0.432. The molecule has 1 rings (SSSR count). The van der Waals surface area contributed by atoms with Crippen LogP contribution in [0.5, 0.6) is 0 Å². The van der Waals surface area contributed by atoms with Gasteiger partial charge in [0.15, 0.2) is 5.96 Å². The first-order valence-electron chi connectivity index (χ1n) is 6.21. The van der Waals surface area contributed by atoms with Crippen LogP contribution < -0.4 is 11.1 Å². The van der Waals surface area contributed by atoms with Crippen LogP contribution in [-0.4, -0.2) is 39.0 Å². The molecule has 0 aromatic heterocycles. The number of hydrogen-bond acceptors (Lipinski definition) is 3. The number of nitrogens with two attached hydrogens (primary N) is 1. The number of guanidine groups is 1. The van der Waals surface area contributed by atoms with Crippen molar-refractivity contribution in [1.82, 2.24) is 5.32 Å². The van der Waals surface area contributed by atoms with Crippen molar-refractivity contribution < 1.29 is 8.42 Å². The van der Waals surface area contributed by atoms with E-state index in [0.29, 0.717) is 25.0 Å². The fraction of sp³-hybridized carbons (Fsp3) is 0.909. The second-order valence-electron chi connectivity index (χ2n) is 4.73. The van der Waals surface area contributed by atoms with Crippen LogP contribution in [0.4, 0.5) is 0 Å². The van der Waals surface area contributed by atoms with Gasteiger partial charge in [0, 0.05) is 18.8 Å². The molecule has 1 aliphatic rings. The van der Waals surface area contributed by atoms with Gasteiger partial charge in [0.2, 0.25) is 0 Å². The summed E-state index contributed by atoms with van der Waals surface area (Å²) in [5.41, 5.74) is 5.74. The molecule has 0 unspecified atom stereocenters. The Hall–Kier alpha value is -0.780. The van der Waals surface area contributed by atoms with Crippen LogP contribution in [0, 0.1) is 0 Å². The third kappa shape index (κ3) is 7.20. The van der Waals surface area contributed by atoms with Gasteiger partial charge in [-0.15, -0.1) is 0 Å². The first-order valence-corrected chi connectivity index (χ1v) is 8.27. The Morgan fingerprint density at radius 2 is 2.00 bits per heavy atom. The maximum absolute atomic E-state index is 10.9. The van der Waals surface area contributed by atoms with Gasteiger partial charge in [-0.25, -0.2) is 8.42 Å². The van der Waals surface area contributed by atoms with Crippen molar-refractivity contribution in [2.24, 2.45) is 10.7 Å². The maximum Gasteiger partial charge on any atom is 0.188 e. The summed E-state index contributed by atoms with van der Waals surface area (Å²) in [6.45, 7) is 0.471. The lowest BCUT2D eigenvalue weighted by Crippen LogP contribution is -2.41. The van der Waals surface area contributed by atoms with Crippen LogP contribution in [0.1, 0.15) is 38.5 Å². The Morgan fingerprint density at radius 1 is 1.35 bits per heavy atom. The highest BCUT2D eigenvalue weighted by Crippen LogP contribution is 2.16. The molecule has 5 nitrogen and oxygen atoms in total. The van der Waals surface area contributed by atoms with Crippen molar-refractivity contribution in [3.8, 4) is 0 Å². The number of aliphatic imine (C=N–C) groups is 1. The molecule has 0 bridgehead atoms. The van der Waals surface area contributed by atoms with E-state index in [4.69, 9.17) is 5.73 Å².